The molecule has 0 fully saturated rings. The molecule has 0 amide bonds. The number of benzene rings is 1. The first-order valence-corrected chi connectivity index (χ1v) is 8.68. The fourth-order valence-electron chi connectivity index (χ4n) is 2.81. The zero-order valence-corrected chi connectivity index (χ0v) is 15.9. The molecule has 0 radical (unpaired) electrons. The molecule has 1 aromatic heterocycles. The Balaban J connectivity index is 2.55. The summed E-state index contributed by atoms with van der Waals surface area (Å²) >= 11 is 0. The lowest BCUT2D eigenvalue weighted by Crippen LogP contribution is -2.32. The van der Waals surface area contributed by atoms with E-state index in [0.29, 0.717) is 0 Å². The van der Waals surface area contributed by atoms with Gasteiger partial charge in [-0.05, 0) is 31.0 Å². The number of hydrogen-bond acceptors (Lipinski definition) is 6. The molecule has 1 unspecified atom stereocenters. The summed E-state index contributed by atoms with van der Waals surface area (Å²) in [6.07, 6.45) is -0.924. The molecule has 2 aromatic rings. The van der Waals surface area contributed by atoms with Crippen molar-refractivity contribution in [1.29, 1.82) is 5.26 Å². The molecule has 0 aliphatic heterocycles. The number of ketones is 1. The summed E-state index contributed by atoms with van der Waals surface area (Å²) in [4.78, 5) is 25.5. The lowest BCUT2D eigenvalue weighted by molar-refractivity contribution is 0.0773. The molecule has 0 aliphatic carbocycles. The van der Waals surface area contributed by atoms with Crippen LogP contribution in [0.1, 0.15) is 34.8 Å². The monoisotopic (exact) mass is 388 g/mol. The van der Waals surface area contributed by atoms with Crippen molar-refractivity contribution in [3.63, 3.8) is 0 Å². The first kappa shape index (κ1) is 21.1. The van der Waals surface area contributed by atoms with E-state index >= 15 is 0 Å². The Morgan fingerprint density at radius 3 is 2.64 bits per heavy atom. The van der Waals surface area contributed by atoms with Crippen LogP contribution >= 0.6 is 0 Å². The summed E-state index contributed by atoms with van der Waals surface area (Å²) in [6.45, 7) is 3.13. The normalized spacial score (nSPS) is 11.7. The van der Waals surface area contributed by atoms with E-state index in [4.69, 9.17) is 9.47 Å². The van der Waals surface area contributed by atoms with Crippen LogP contribution in [0.15, 0.2) is 29.1 Å². The van der Waals surface area contributed by atoms with Crippen molar-refractivity contribution in [3.8, 4) is 17.7 Å². The first-order valence-electron chi connectivity index (χ1n) is 8.68. The van der Waals surface area contributed by atoms with Crippen LogP contribution in [0.25, 0.3) is 0 Å². The number of pyridine rings is 1. The highest BCUT2D eigenvalue weighted by molar-refractivity contribution is 6.03. The van der Waals surface area contributed by atoms with Crippen molar-refractivity contribution in [2.45, 2.75) is 32.9 Å². The molecule has 0 saturated carbocycles. The van der Waals surface area contributed by atoms with E-state index in [1.165, 1.54) is 32.2 Å². The van der Waals surface area contributed by atoms with E-state index in [0.717, 1.165) is 4.57 Å². The number of halogens is 1. The average molecular weight is 388 g/mol. The fourth-order valence-corrected chi connectivity index (χ4v) is 2.81. The highest BCUT2D eigenvalue weighted by atomic mass is 19.1. The van der Waals surface area contributed by atoms with Crippen molar-refractivity contribution in [3.05, 3.63) is 57.1 Å². The quantitative estimate of drug-likeness (QED) is 0.698. The van der Waals surface area contributed by atoms with Crippen LogP contribution in [0.2, 0.25) is 0 Å². The Morgan fingerprint density at radius 2 is 2.07 bits per heavy atom. The van der Waals surface area contributed by atoms with Crippen molar-refractivity contribution < 1.29 is 23.8 Å². The van der Waals surface area contributed by atoms with E-state index < -0.39 is 29.1 Å². The smallest absolute Gasteiger partial charge is 0.271 e. The highest BCUT2D eigenvalue weighted by Crippen LogP contribution is 2.26. The van der Waals surface area contributed by atoms with Gasteiger partial charge in [-0.1, -0.05) is 19.1 Å². The number of nitrogens with zero attached hydrogens (tertiary/aromatic N) is 2. The van der Waals surface area contributed by atoms with Crippen LogP contribution in [0.5, 0.6) is 11.6 Å². The number of aromatic hydroxyl groups is 1. The molecule has 28 heavy (non-hydrogen) atoms. The van der Waals surface area contributed by atoms with Gasteiger partial charge in [0.2, 0.25) is 11.7 Å². The maximum absolute atomic E-state index is 13.9. The maximum Gasteiger partial charge on any atom is 0.271 e. The number of nitriles is 1. The van der Waals surface area contributed by atoms with Crippen LogP contribution in [0, 0.1) is 24.1 Å². The molecule has 8 heteroatoms. The summed E-state index contributed by atoms with van der Waals surface area (Å²) in [5, 5.41) is 19.9. The molecule has 0 spiro atoms. The van der Waals surface area contributed by atoms with Gasteiger partial charge in [0.25, 0.3) is 5.56 Å². The van der Waals surface area contributed by atoms with Crippen LogP contribution in [-0.2, 0) is 11.3 Å². The molecule has 7 nitrogen and oxygen atoms in total. The topological polar surface area (TPSA) is 102 Å². The minimum atomic E-state index is -1.11. The van der Waals surface area contributed by atoms with Gasteiger partial charge in [0.05, 0.1) is 18.7 Å². The number of carbonyl (C=O) groups excluding carboxylic acids is 1. The van der Waals surface area contributed by atoms with Gasteiger partial charge in [-0.3, -0.25) is 14.2 Å². The summed E-state index contributed by atoms with van der Waals surface area (Å²) < 4.78 is 25.2. The standard InChI is InChI=1S/C20H21FN2O5/c1-4-15(28-16-8-6-5-7-14(16)21)18(24)17-12(2)13(11-22)19(25)23(20(17)26)9-10-27-3/h5-8,15,26H,4,9-10H2,1-3H3. The number of Topliss-reactive ketones (excluding diaryl/α,β-unsaturated/α-hetero) is 1. The zero-order chi connectivity index (χ0) is 20.8. The summed E-state index contributed by atoms with van der Waals surface area (Å²) in [5.74, 6) is -1.95. The molecule has 1 N–H and O–H groups in total. The average Bonchev–Trinajstić information content (AvgIpc) is 2.67. The number of carbonyl (C=O) groups is 1. The lowest BCUT2D eigenvalue weighted by atomic mass is 9.97. The first-order chi connectivity index (χ1) is 13.4. The summed E-state index contributed by atoms with van der Waals surface area (Å²) in [6, 6.07) is 7.43. The summed E-state index contributed by atoms with van der Waals surface area (Å²) in [7, 11) is 1.42. The number of ether oxygens (including phenoxy) is 2. The van der Waals surface area contributed by atoms with E-state index in [1.54, 1.807) is 19.1 Å². The van der Waals surface area contributed by atoms with Crippen molar-refractivity contribution in [1.82, 2.24) is 4.57 Å². The molecule has 0 bridgehead atoms. The number of hydrogen-bond donors (Lipinski definition) is 1. The number of rotatable bonds is 8. The van der Waals surface area contributed by atoms with Crippen molar-refractivity contribution in [2.24, 2.45) is 0 Å². The minimum absolute atomic E-state index is 0.0403. The third kappa shape index (κ3) is 4.05. The zero-order valence-electron chi connectivity index (χ0n) is 15.9. The number of methoxy groups -OCH3 is 1. The molecular weight excluding hydrogens is 367 g/mol. The van der Waals surface area contributed by atoms with Gasteiger partial charge >= 0.3 is 0 Å². The van der Waals surface area contributed by atoms with Gasteiger partial charge in [-0.25, -0.2) is 4.39 Å². The van der Waals surface area contributed by atoms with Crippen molar-refractivity contribution in [2.75, 3.05) is 13.7 Å². The van der Waals surface area contributed by atoms with E-state index in [1.807, 2.05) is 0 Å². The lowest BCUT2D eigenvalue weighted by Gasteiger charge is -2.20. The number of para-hydroxylation sites is 1. The largest absolute Gasteiger partial charge is 0.494 e. The fraction of sp³-hybridized carbons (Fsp3) is 0.350. The second kappa shape index (κ2) is 9.15. The maximum atomic E-state index is 13.9. The third-order valence-electron chi connectivity index (χ3n) is 4.33. The second-order valence-corrected chi connectivity index (χ2v) is 6.07. The molecule has 1 heterocycles. The molecule has 0 aliphatic rings. The Hall–Kier alpha value is -3.18. The molecular formula is C20H21FN2O5. The molecule has 2 rings (SSSR count). The van der Waals surface area contributed by atoms with Gasteiger partial charge < -0.3 is 14.6 Å². The van der Waals surface area contributed by atoms with Crippen molar-refractivity contribution >= 4 is 5.78 Å². The SMILES string of the molecule is CCC(Oc1ccccc1F)C(=O)c1c(C)c(C#N)c(=O)n(CCOC)c1O. The van der Waals surface area contributed by atoms with Crippen LogP contribution in [-0.4, -0.2) is 35.3 Å². The van der Waals surface area contributed by atoms with Crippen LogP contribution in [0.3, 0.4) is 0 Å². The van der Waals surface area contributed by atoms with Gasteiger partial charge in [0.15, 0.2) is 17.7 Å². The Bertz CT molecular complexity index is 978. The minimum Gasteiger partial charge on any atom is -0.494 e. The van der Waals surface area contributed by atoms with E-state index in [-0.39, 0.29) is 42.0 Å². The predicted octanol–water partition coefficient (Wildman–Crippen LogP) is 2.56. The summed E-state index contributed by atoms with van der Waals surface area (Å²) in [5.41, 5.74) is -1.11. The van der Waals surface area contributed by atoms with Gasteiger partial charge in [0.1, 0.15) is 11.6 Å². The predicted molar refractivity (Wildman–Crippen MR) is 99.1 cm³/mol. The Morgan fingerprint density at radius 1 is 1.39 bits per heavy atom. The highest BCUT2D eigenvalue weighted by Gasteiger charge is 2.30. The number of aromatic nitrogens is 1. The molecule has 0 saturated heterocycles. The molecule has 148 valence electrons. The molecule has 1 atom stereocenters. The molecule has 1 aromatic carbocycles. The Kier molecular flexibility index (Phi) is 6.90. The van der Waals surface area contributed by atoms with Crippen LogP contribution in [0.4, 0.5) is 4.39 Å². The Labute approximate surface area is 161 Å². The third-order valence-corrected chi connectivity index (χ3v) is 4.33. The van der Waals surface area contributed by atoms with E-state index in [9.17, 15) is 24.3 Å². The van der Waals surface area contributed by atoms with Crippen LogP contribution < -0.4 is 10.3 Å². The van der Waals surface area contributed by atoms with Gasteiger partial charge in [-0.15, -0.1) is 0 Å². The van der Waals surface area contributed by atoms with Gasteiger partial charge in [-0.2, -0.15) is 5.26 Å². The van der Waals surface area contributed by atoms with Gasteiger partial charge in [0, 0.05) is 7.11 Å². The van der Waals surface area contributed by atoms with E-state index in [2.05, 4.69) is 0 Å². The second-order valence-electron chi connectivity index (χ2n) is 6.07.